The van der Waals surface area contributed by atoms with Crippen molar-refractivity contribution < 1.29 is 9.53 Å². The Morgan fingerprint density at radius 3 is 2.64 bits per heavy atom. The van der Waals surface area contributed by atoms with Crippen LogP contribution in [0.25, 0.3) is 0 Å². The predicted octanol–water partition coefficient (Wildman–Crippen LogP) is 2.59. The molecule has 0 bridgehead atoms. The third kappa shape index (κ3) is 2.35. The molecule has 0 atom stereocenters. The van der Waals surface area contributed by atoms with Crippen molar-refractivity contribution in [2.24, 2.45) is 0 Å². The fraction of sp³-hybridized carbons (Fsp3) is 0.545. The molecule has 14 heavy (non-hydrogen) atoms. The van der Waals surface area contributed by atoms with Gasteiger partial charge in [-0.05, 0) is 29.3 Å². The first-order valence-corrected chi connectivity index (χ1v) is 5.75. The Morgan fingerprint density at radius 1 is 1.43 bits per heavy atom. The van der Waals surface area contributed by atoms with Crippen LogP contribution in [0.1, 0.15) is 29.9 Å². The van der Waals surface area contributed by atoms with Gasteiger partial charge < -0.3 is 4.74 Å². The summed E-state index contributed by atoms with van der Waals surface area (Å²) in [6.45, 7) is 4.27. The molecule has 1 aromatic rings. The minimum Gasteiger partial charge on any atom is -0.469 e. The lowest BCUT2D eigenvalue weighted by molar-refractivity contribution is -0.139. The fourth-order valence-corrected chi connectivity index (χ4v) is 2.66. The number of hydrogen-bond donors (Lipinski definition) is 0. The Bertz CT molecular complexity index is 315. The molecule has 2 nitrogen and oxygen atoms in total. The van der Waals surface area contributed by atoms with Crippen LogP contribution in [0.2, 0.25) is 0 Å². The quantitative estimate of drug-likeness (QED) is 0.717. The molecule has 78 valence electrons. The number of hydrogen-bond acceptors (Lipinski definition) is 3. The van der Waals surface area contributed by atoms with Crippen molar-refractivity contribution >= 4 is 17.3 Å². The van der Waals surface area contributed by atoms with Gasteiger partial charge in [0, 0.05) is 4.88 Å². The first-order chi connectivity index (χ1) is 6.72. The molecule has 0 fully saturated rings. The van der Waals surface area contributed by atoms with Gasteiger partial charge in [0.1, 0.15) is 0 Å². The van der Waals surface area contributed by atoms with E-state index in [0.717, 1.165) is 18.4 Å². The maximum Gasteiger partial charge on any atom is 0.310 e. The van der Waals surface area contributed by atoms with Crippen LogP contribution in [0, 0.1) is 0 Å². The second-order valence-corrected chi connectivity index (χ2v) is 4.09. The molecule has 1 heterocycles. The van der Waals surface area contributed by atoms with E-state index < -0.39 is 0 Å². The van der Waals surface area contributed by atoms with E-state index in [2.05, 4.69) is 24.0 Å². The summed E-state index contributed by atoms with van der Waals surface area (Å²) in [5.74, 6) is -0.153. The van der Waals surface area contributed by atoms with Gasteiger partial charge in [0.05, 0.1) is 13.5 Å². The molecule has 1 rings (SSSR count). The Labute approximate surface area is 88.9 Å². The van der Waals surface area contributed by atoms with Crippen LogP contribution in [0.5, 0.6) is 0 Å². The van der Waals surface area contributed by atoms with Crippen molar-refractivity contribution in [3.63, 3.8) is 0 Å². The Balaban J connectivity index is 2.86. The molecule has 0 aliphatic carbocycles. The van der Waals surface area contributed by atoms with E-state index in [-0.39, 0.29) is 5.97 Å². The Morgan fingerprint density at radius 2 is 2.14 bits per heavy atom. The van der Waals surface area contributed by atoms with Crippen LogP contribution >= 0.6 is 11.3 Å². The summed E-state index contributed by atoms with van der Waals surface area (Å²) in [5, 5.41) is 2.08. The number of aryl methyl sites for hydroxylation is 1. The molecule has 0 amide bonds. The zero-order chi connectivity index (χ0) is 10.6. The molecule has 0 aliphatic rings. The van der Waals surface area contributed by atoms with Gasteiger partial charge in [-0.15, -0.1) is 11.3 Å². The summed E-state index contributed by atoms with van der Waals surface area (Å²) < 4.78 is 4.66. The molecule has 3 heteroatoms. The Kier molecular flexibility index (Phi) is 4.14. The largest absolute Gasteiger partial charge is 0.469 e. The molecular formula is C11H16O2S. The molecule has 0 N–H and O–H groups in total. The number of carbonyl (C=O) groups excluding carboxylic acids is 1. The number of rotatable bonds is 4. The highest BCUT2D eigenvalue weighted by Crippen LogP contribution is 2.24. The van der Waals surface area contributed by atoms with Crippen LogP contribution in [-0.2, 0) is 28.8 Å². The van der Waals surface area contributed by atoms with Gasteiger partial charge in [-0.3, -0.25) is 4.79 Å². The van der Waals surface area contributed by atoms with E-state index >= 15 is 0 Å². The number of thiophene rings is 1. The van der Waals surface area contributed by atoms with Crippen molar-refractivity contribution in [1.82, 2.24) is 0 Å². The second-order valence-electron chi connectivity index (χ2n) is 3.12. The summed E-state index contributed by atoms with van der Waals surface area (Å²) >= 11 is 1.75. The van der Waals surface area contributed by atoms with E-state index in [1.807, 2.05) is 0 Å². The lowest BCUT2D eigenvalue weighted by Gasteiger charge is -2.02. The van der Waals surface area contributed by atoms with Crippen LogP contribution < -0.4 is 0 Å². The lowest BCUT2D eigenvalue weighted by atomic mass is 10.1. The standard InChI is InChI=1S/C11H16O2S/c1-4-9-8(6-11(12)13-3)7-14-10(9)5-2/h7H,4-6H2,1-3H3. The lowest BCUT2D eigenvalue weighted by Crippen LogP contribution is -2.05. The van der Waals surface area contributed by atoms with Gasteiger partial charge in [0.25, 0.3) is 0 Å². The molecule has 0 spiro atoms. The molecule has 0 radical (unpaired) electrons. The normalized spacial score (nSPS) is 10.2. The van der Waals surface area contributed by atoms with Gasteiger partial charge in [0.15, 0.2) is 0 Å². The molecular weight excluding hydrogens is 196 g/mol. The van der Waals surface area contributed by atoms with E-state index in [1.54, 1.807) is 11.3 Å². The van der Waals surface area contributed by atoms with Gasteiger partial charge in [-0.1, -0.05) is 13.8 Å². The topological polar surface area (TPSA) is 26.3 Å². The van der Waals surface area contributed by atoms with Crippen molar-refractivity contribution in [3.8, 4) is 0 Å². The highest BCUT2D eigenvalue weighted by Gasteiger charge is 2.11. The number of methoxy groups -OCH3 is 1. The zero-order valence-corrected chi connectivity index (χ0v) is 9.74. The molecule has 0 saturated heterocycles. The van der Waals surface area contributed by atoms with Crippen molar-refractivity contribution in [1.29, 1.82) is 0 Å². The molecule has 0 aliphatic heterocycles. The van der Waals surface area contributed by atoms with Crippen LogP contribution in [0.3, 0.4) is 0 Å². The van der Waals surface area contributed by atoms with E-state index in [0.29, 0.717) is 6.42 Å². The number of ether oxygens (including phenoxy) is 1. The Hall–Kier alpha value is -0.830. The van der Waals surface area contributed by atoms with Gasteiger partial charge in [-0.2, -0.15) is 0 Å². The molecule has 1 aromatic heterocycles. The summed E-state index contributed by atoms with van der Waals surface area (Å²) in [6.07, 6.45) is 2.46. The van der Waals surface area contributed by atoms with Crippen LogP contribution in [0.15, 0.2) is 5.38 Å². The van der Waals surface area contributed by atoms with Crippen LogP contribution in [0.4, 0.5) is 0 Å². The summed E-state index contributed by atoms with van der Waals surface area (Å²) in [7, 11) is 1.43. The van der Waals surface area contributed by atoms with E-state index in [9.17, 15) is 4.79 Å². The first-order valence-electron chi connectivity index (χ1n) is 4.87. The van der Waals surface area contributed by atoms with Gasteiger partial charge in [0.2, 0.25) is 0 Å². The fourth-order valence-electron chi connectivity index (χ4n) is 1.56. The summed E-state index contributed by atoms with van der Waals surface area (Å²) in [6, 6.07) is 0. The smallest absolute Gasteiger partial charge is 0.310 e. The highest BCUT2D eigenvalue weighted by atomic mass is 32.1. The summed E-state index contributed by atoms with van der Waals surface area (Å²) in [5.41, 5.74) is 2.48. The predicted molar refractivity (Wildman–Crippen MR) is 58.8 cm³/mol. The summed E-state index contributed by atoms with van der Waals surface area (Å²) in [4.78, 5) is 12.5. The third-order valence-electron chi connectivity index (χ3n) is 2.30. The van der Waals surface area contributed by atoms with Crippen molar-refractivity contribution in [3.05, 3.63) is 21.4 Å². The third-order valence-corrected chi connectivity index (χ3v) is 3.53. The monoisotopic (exact) mass is 212 g/mol. The second kappa shape index (κ2) is 5.15. The van der Waals surface area contributed by atoms with Crippen molar-refractivity contribution in [2.75, 3.05) is 7.11 Å². The average Bonchev–Trinajstić information content (AvgIpc) is 2.59. The SMILES string of the molecule is CCc1scc(CC(=O)OC)c1CC. The zero-order valence-electron chi connectivity index (χ0n) is 8.92. The van der Waals surface area contributed by atoms with E-state index in [4.69, 9.17) is 0 Å². The van der Waals surface area contributed by atoms with Gasteiger partial charge in [-0.25, -0.2) is 0 Å². The number of carbonyl (C=O) groups is 1. The van der Waals surface area contributed by atoms with Crippen LogP contribution in [-0.4, -0.2) is 13.1 Å². The molecule has 0 unspecified atom stereocenters. The minimum atomic E-state index is -0.153. The van der Waals surface area contributed by atoms with Crippen molar-refractivity contribution in [2.45, 2.75) is 33.1 Å². The number of esters is 1. The van der Waals surface area contributed by atoms with E-state index in [1.165, 1.54) is 17.6 Å². The maximum atomic E-state index is 11.1. The van der Waals surface area contributed by atoms with Gasteiger partial charge >= 0.3 is 5.97 Å². The average molecular weight is 212 g/mol. The first kappa shape index (κ1) is 11.2. The maximum absolute atomic E-state index is 11.1. The highest BCUT2D eigenvalue weighted by molar-refractivity contribution is 7.10. The molecule has 0 aromatic carbocycles. The molecule has 0 saturated carbocycles. The minimum absolute atomic E-state index is 0.153.